The van der Waals surface area contributed by atoms with Gasteiger partial charge in [0.1, 0.15) is 17.2 Å². The van der Waals surface area contributed by atoms with E-state index in [0.29, 0.717) is 34.6 Å². The lowest BCUT2D eigenvalue weighted by Crippen LogP contribution is -2.20. The molecule has 0 bridgehead atoms. The van der Waals surface area contributed by atoms with Gasteiger partial charge in [-0.3, -0.25) is 4.79 Å². The molecular weight excluding hydrogens is 404 g/mol. The van der Waals surface area contributed by atoms with Gasteiger partial charge in [0, 0.05) is 25.7 Å². The van der Waals surface area contributed by atoms with Crippen LogP contribution in [-0.2, 0) is 13.0 Å². The maximum Gasteiger partial charge on any atom is 0.251 e. The van der Waals surface area contributed by atoms with Crippen molar-refractivity contribution in [1.82, 2.24) is 15.1 Å². The third-order valence-corrected chi connectivity index (χ3v) is 5.80. The van der Waals surface area contributed by atoms with E-state index in [0.717, 1.165) is 43.0 Å². The summed E-state index contributed by atoms with van der Waals surface area (Å²) in [5.41, 5.74) is 8.50. The second kappa shape index (κ2) is 8.30. The minimum atomic E-state index is -0.553. The average molecular weight is 428 g/mol. The summed E-state index contributed by atoms with van der Waals surface area (Å²) in [6.07, 6.45) is 3.07. The predicted molar refractivity (Wildman–Crippen MR) is 124 cm³/mol. The molecule has 0 aliphatic carbocycles. The van der Waals surface area contributed by atoms with Crippen molar-refractivity contribution in [2.75, 3.05) is 23.8 Å². The number of hydrogen-bond acceptors (Lipinski definition) is 7. The molecule has 0 saturated carbocycles. The van der Waals surface area contributed by atoms with Crippen molar-refractivity contribution >= 4 is 28.4 Å². The van der Waals surface area contributed by atoms with Gasteiger partial charge in [0.2, 0.25) is 11.6 Å². The van der Waals surface area contributed by atoms with Crippen LogP contribution < -0.4 is 16.0 Å². The number of amides is 1. The van der Waals surface area contributed by atoms with Crippen molar-refractivity contribution < 1.29 is 9.32 Å². The summed E-state index contributed by atoms with van der Waals surface area (Å²) in [6, 6.07) is 15.4. The highest BCUT2D eigenvalue weighted by Crippen LogP contribution is 2.34. The highest BCUT2D eigenvalue weighted by atomic mass is 16.5. The van der Waals surface area contributed by atoms with Gasteiger partial charge in [0.25, 0.3) is 5.91 Å². The van der Waals surface area contributed by atoms with Crippen LogP contribution in [0.4, 0.5) is 11.6 Å². The number of fused-ring (bicyclic) bond motifs is 2. The third kappa shape index (κ3) is 3.64. The standard InChI is InChI=1S/C24H24N6O2/c1-30-13-6-5-10-18-22(26-14-15-8-3-2-4-9-15)27-23(28-24(18)30)20-16-11-7-12-17(21(25)31)19(16)29-32-20/h2-4,7-9,11-12H,5-6,10,13-14H2,1H3,(H2,25,31)(H,26,27,28). The largest absolute Gasteiger partial charge is 0.366 e. The van der Waals surface area contributed by atoms with Crippen LogP contribution in [0, 0.1) is 0 Å². The number of nitrogens with zero attached hydrogens (tertiary/aromatic N) is 4. The Bertz CT molecular complexity index is 1280. The second-order valence-corrected chi connectivity index (χ2v) is 7.99. The van der Waals surface area contributed by atoms with Crippen LogP contribution in [0.5, 0.6) is 0 Å². The molecule has 1 aliphatic heterocycles. The number of primary amides is 1. The van der Waals surface area contributed by atoms with Crippen molar-refractivity contribution in [3.8, 4) is 11.6 Å². The fourth-order valence-electron chi connectivity index (χ4n) is 4.13. The van der Waals surface area contributed by atoms with Crippen molar-refractivity contribution in [1.29, 1.82) is 0 Å². The molecule has 0 radical (unpaired) electrons. The summed E-state index contributed by atoms with van der Waals surface area (Å²) < 4.78 is 5.64. The molecule has 162 valence electrons. The van der Waals surface area contributed by atoms with E-state index >= 15 is 0 Å². The summed E-state index contributed by atoms with van der Waals surface area (Å²) in [7, 11) is 2.05. The Hall–Kier alpha value is -3.94. The number of nitrogens with two attached hydrogens (primary N) is 1. The molecule has 1 amide bonds. The maximum atomic E-state index is 11.8. The molecular formula is C24H24N6O2. The Balaban J connectivity index is 1.62. The Kier molecular flexibility index (Phi) is 5.18. The third-order valence-electron chi connectivity index (χ3n) is 5.80. The number of carbonyl (C=O) groups is 1. The molecule has 0 atom stereocenters. The second-order valence-electron chi connectivity index (χ2n) is 7.99. The number of carbonyl (C=O) groups excluding carboxylic acids is 1. The lowest BCUT2D eigenvalue weighted by atomic mass is 10.1. The zero-order valence-corrected chi connectivity index (χ0v) is 17.8. The smallest absolute Gasteiger partial charge is 0.251 e. The molecule has 0 spiro atoms. The van der Waals surface area contributed by atoms with Crippen LogP contribution in [0.25, 0.3) is 22.5 Å². The van der Waals surface area contributed by atoms with Gasteiger partial charge in [-0.15, -0.1) is 0 Å². The Morgan fingerprint density at radius 3 is 2.78 bits per heavy atom. The molecule has 8 heteroatoms. The minimum absolute atomic E-state index is 0.312. The molecule has 0 saturated heterocycles. The van der Waals surface area contributed by atoms with Crippen LogP contribution in [0.15, 0.2) is 53.1 Å². The zero-order chi connectivity index (χ0) is 22.1. The average Bonchev–Trinajstić information content (AvgIpc) is 3.16. The number of nitrogens with one attached hydrogen (secondary N) is 1. The Labute approximate surface area is 185 Å². The quantitative estimate of drug-likeness (QED) is 0.498. The van der Waals surface area contributed by atoms with Crippen molar-refractivity contribution in [2.45, 2.75) is 25.8 Å². The predicted octanol–water partition coefficient (Wildman–Crippen LogP) is 3.77. The minimum Gasteiger partial charge on any atom is -0.366 e. The summed E-state index contributed by atoms with van der Waals surface area (Å²) in [5, 5.41) is 8.26. The molecule has 32 heavy (non-hydrogen) atoms. The normalized spacial score (nSPS) is 13.6. The molecule has 1 aliphatic rings. The zero-order valence-electron chi connectivity index (χ0n) is 17.8. The molecule has 0 unspecified atom stereocenters. The van der Waals surface area contributed by atoms with Crippen LogP contribution in [-0.4, -0.2) is 34.6 Å². The molecule has 5 rings (SSSR count). The number of aromatic nitrogens is 3. The molecule has 8 nitrogen and oxygen atoms in total. The van der Waals surface area contributed by atoms with Crippen molar-refractivity contribution in [2.24, 2.45) is 5.73 Å². The maximum absolute atomic E-state index is 11.8. The SMILES string of the molecule is CN1CCCCc2c(NCc3ccccc3)nc(-c3onc4c(C(N)=O)cccc34)nc21. The van der Waals surface area contributed by atoms with Gasteiger partial charge in [-0.2, -0.15) is 0 Å². The highest BCUT2D eigenvalue weighted by molar-refractivity contribution is 6.07. The van der Waals surface area contributed by atoms with E-state index in [2.05, 4.69) is 27.5 Å². The fraction of sp³-hybridized carbons (Fsp3) is 0.250. The first kappa shape index (κ1) is 20.0. The van der Waals surface area contributed by atoms with Crippen LogP contribution in [0.3, 0.4) is 0 Å². The summed E-state index contributed by atoms with van der Waals surface area (Å²) in [6.45, 7) is 1.57. The van der Waals surface area contributed by atoms with E-state index in [4.69, 9.17) is 20.2 Å². The summed E-state index contributed by atoms with van der Waals surface area (Å²) in [5.74, 6) is 1.98. The first-order valence-corrected chi connectivity index (χ1v) is 10.7. The van der Waals surface area contributed by atoms with E-state index in [1.807, 2.05) is 31.3 Å². The van der Waals surface area contributed by atoms with Gasteiger partial charge in [-0.25, -0.2) is 9.97 Å². The van der Waals surface area contributed by atoms with Gasteiger partial charge < -0.3 is 20.5 Å². The molecule has 3 N–H and O–H groups in total. The monoisotopic (exact) mass is 428 g/mol. The first-order valence-electron chi connectivity index (χ1n) is 10.7. The van der Waals surface area contributed by atoms with Crippen LogP contribution in [0.1, 0.15) is 34.3 Å². The Morgan fingerprint density at radius 2 is 1.97 bits per heavy atom. The van der Waals surface area contributed by atoms with Crippen LogP contribution >= 0.6 is 0 Å². The van der Waals surface area contributed by atoms with E-state index in [1.54, 1.807) is 12.1 Å². The van der Waals surface area contributed by atoms with E-state index in [1.165, 1.54) is 5.56 Å². The summed E-state index contributed by atoms with van der Waals surface area (Å²) in [4.78, 5) is 23.7. The van der Waals surface area contributed by atoms with Gasteiger partial charge in [0.05, 0.1) is 10.9 Å². The number of anilines is 2. The molecule has 0 fully saturated rings. The van der Waals surface area contributed by atoms with E-state index in [-0.39, 0.29) is 0 Å². The topological polar surface area (TPSA) is 110 Å². The highest BCUT2D eigenvalue weighted by Gasteiger charge is 2.24. The molecule has 2 aromatic heterocycles. The van der Waals surface area contributed by atoms with E-state index in [9.17, 15) is 4.79 Å². The van der Waals surface area contributed by atoms with Gasteiger partial charge in [0.15, 0.2) is 0 Å². The lowest BCUT2D eigenvalue weighted by molar-refractivity contribution is 0.100. The fourth-order valence-corrected chi connectivity index (χ4v) is 4.13. The Morgan fingerprint density at radius 1 is 1.12 bits per heavy atom. The lowest BCUT2D eigenvalue weighted by Gasteiger charge is -2.20. The van der Waals surface area contributed by atoms with Gasteiger partial charge in [-0.05, 0) is 37.0 Å². The molecule has 3 heterocycles. The van der Waals surface area contributed by atoms with Crippen molar-refractivity contribution in [3.05, 3.63) is 65.2 Å². The number of hydrogen-bond donors (Lipinski definition) is 2. The molecule has 4 aromatic rings. The number of rotatable bonds is 5. The summed E-state index contributed by atoms with van der Waals surface area (Å²) >= 11 is 0. The molecule has 2 aromatic carbocycles. The van der Waals surface area contributed by atoms with Gasteiger partial charge in [-0.1, -0.05) is 41.6 Å². The first-order chi connectivity index (χ1) is 15.6. The van der Waals surface area contributed by atoms with Crippen molar-refractivity contribution in [3.63, 3.8) is 0 Å². The van der Waals surface area contributed by atoms with E-state index < -0.39 is 5.91 Å². The number of benzene rings is 2. The van der Waals surface area contributed by atoms with Crippen LogP contribution in [0.2, 0.25) is 0 Å². The van der Waals surface area contributed by atoms with Gasteiger partial charge >= 0.3 is 0 Å².